The lowest BCUT2D eigenvalue weighted by Crippen LogP contribution is -2.19. The van der Waals surface area contributed by atoms with Gasteiger partial charge >= 0.3 is 5.97 Å². The molecule has 0 spiro atoms. The number of ether oxygens (including phenoxy) is 3. The molecule has 0 saturated heterocycles. The van der Waals surface area contributed by atoms with E-state index in [1.54, 1.807) is 25.6 Å². The Labute approximate surface area is 173 Å². The molecule has 1 amide bonds. The second-order valence-electron chi connectivity index (χ2n) is 7.11. The van der Waals surface area contributed by atoms with Gasteiger partial charge in [-0.1, -0.05) is 12.1 Å². The minimum absolute atomic E-state index is 0.0294. The van der Waals surface area contributed by atoms with Crippen LogP contribution in [-0.4, -0.2) is 48.2 Å². The quantitative estimate of drug-likeness (QED) is 0.432. The fourth-order valence-electron chi connectivity index (χ4n) is 3.01. The molecular formula is C22H23N3O5. The number of pyridine rings is 1. The van der Waals surface area contributed by atoms with E-state index in [9.17, 15) is 9.59 Å². The first kappa shape index (κ1) is 20.1. The fourth-order valence-corrected chi connectivity index (χ4v) is 3.01. The summed E-state index contributed by atoms with van der Waals surface area (Å²) in [7, 11) is 1.58. The monoisotopic (exact) mass is 409 g/mol. The molecule has 0 aliphatic heterocycles. The highest BCUT2D eigenvalue weighted by Crippen LogP contribution is 2.31. The summed E-state index contributed by atoms with van der Waals surface area (Å²) < 4.78 is 17.5. The molecule has 1 fully saturated rings. The molecule has 1 aliphatic carbocycles. The van der Waals surface area contributed by atoms with E-state index in [-0.39, 0.29) is 24.4 Å². The molecule has 0 atom stereocenters. The molecule has 1 aromatic carbocycles. The van der Waals surface area contributed by atoms with Gasteiger partial charge in [0.15, 0.2) is 0 Å². The molecule has 1 aliphatic rings. The van der Waals surface area contributed by atoms with Crippen molar-refractivity contribution in [3.05, 3.63) is 48.8 Å². The summed E-state index contributed by atoms with van der Waals surface area (Å²) in [6.45, 7) is 0.757. The molecule has 8 nitrogen and oxygen atoms in total. The van der Waals surface area contributed by atoms with E-state index in [0.29, 0.717) is 24.7 Å². The Bertz CT molecular complexity index is 1060. The first-order valence-electron chi connectivity index (χ1n) is 9.80. The van der Waals surface area contributed by atoms with Crippen LogP contribution in [0.5, 0.6) is 5.75 Å². The van der Waals surface area contributed by atoms with Crippen LogP contribution in [0.25, 0.3) is 16.9 Å². The smallest absolute Gasteiger partial charge is 0.314 e. The normalized spacial score (nSPS) is 13.4. The average Bonchev–Trinajstić information content (AvgIpc) is 3.51. The number of rotatable bonds is 9. The second kappa shape index (κ2) is 9.06. The van der Waals surface area contributed by atoms with Crippen molar-refractivity contribution in [3.63, 3.8) is 0 Å². The third-order valence-electron chi connectivity index (χ3n) is 4.71. The number of hydrogen-bond acceptors (Lipinski definition) is 6. The molecule has 4 rings (SSSR count). The van der Waals surface area contributed by atoms with Gasteiger partial charge in [0, 0.05) is 18.4 Å². The Morgan fingerprint density at radius 2 is 2.07 bits per heavy atom. The number of imidazole rings is 1. The molecule has 1 saturated carbocycles. The van der Waals surface area contributed by atoms with Crippen molar-refractivity contribution in [3.8, 4) is 17.0 Å². The summed E-state index contributed by atoms with van der Waals surface area (Å²) >= 11 is 0. The molecule has 0 unspecified atom stereocenters. The van der Waals surface area contributed by atoms with E-state index in [2.05, 4.69) is 10.3 Å². The topological polar surface area (TPSA) is 91.2 Å². The van der Waals surface area contributed by atoms with Gasteiger partial charge in [0.05, 0.1) is 37.2 Å². The van der Waals surface area contributed by atoms with E-state index in [4.69, 9.17) is 14.2 Å². The highest BCUT2D eigenvalue weighted by atomic mass is 16.5. The Morgan fingerprint density at radius 1 is 1.20 bits per heavy atom. The molecule has 2 aromatic heterocycles. The van der Waals surface area contributed by atoms with Crippen LogP contribution in [-0.2, 0) is 19.1 Å². The SMILES string of the molecule is COCCOCC(=O)Nc1cccc(-c2cnc3ccc(OC(=O)C4CC4)cn23)c1. The highest BCUT2D eigenvalue weighted by Gasteiger charge is 2.31. The number of benzene rings is 1. The van der Waals surface area contributed by atoms with Gasteiger partial charge in [-0.05, 0) is 37.1 Å². The number of carbonyl (C=O) groups excluding carboxylic acids is 2. The number of methoxy groups -OCH3 is 1. The molecule has 0 bridgehead atoms. The van der Waals surface area contributed by atoms with Gasteiger partial charge in [-0.3, -0.25) is 14.0 Å². The molecule has 1 N–H and O–H groups in total. The van der Waals surface area contributed by atoms with Crippen molar-refractivity contribution in [2.24, 2.45) is 5.92 Å². The number of hydrogen-bond donors (Lipinski definition) is 1. The van der Waals surface area contributed by atoms with Crippen molar-refractivity contribution in [2.75, 3.05) is 32.2 Å². The van der Waals surface area contributed by atoms with Crippen LogP contribution in [0, 0.1) is 5.92 Å². The number of fused-ring (bicyclic) bond motifs is 1. The van der Waals surface area contributed by atoms with Crippen molar-refractivity contribution < 1.29 is 23.8 Å². The first-order valence-corrected chi connectivity index (χ1v) is 9.80. The zero-order chi connectivity index (χ0) is 20.9. The van der Waals surface area contributed by atoms with Gasteiger partial charge < -0.3 is 19.5 Å². The number of amides is 1. The summed E-state index contributed by atoms with van der Waals surface area (Å²) in [5, 5.41) is 2.82. The van der Waals surface area contributed by atoms with Crippen LogP contribution in [0.1, 0.15) is 12.8 Å². The minimum atomic E-state index is -0.240. The Hall–Kier alpha value is -3.23. The molecule has 0 radical (unpaired) electrons. The van der Waals surface area contributed by atoms with E-state index < -0.39 is 0 Å². The second-order valence-corrected chi connectivity index (χ2v) is 7.11. The van der Waals surface area contributed by atoms with Crippen LogP contribution in [0.15, 0.2) is 48.8 Å². The maximum Gasteiger partial charge on any atom is 0.314 e. The van der Waals surface area contributed by atoms with E-state index in [1.807, 2.05) is 34.7 Å². The Balaban J connectivity index is 1.49. The number of nitrogens with zero attached hydrogens (tertiary/aromatic N) is 2. The van der Waals surface area contributed by atoms with Crippen LogP contribution < -0.4 is 10.1 Å². The lowest BCUT2D eigenvalue weighted by atomic mass is 10.1. The van der Waals surface area contributed by atoms with Crippen molar-refractivity contribution in [1.82, 2.24) is 9.38 Å². The molecule has 30 heavy (non-hydrogen) atoms. The van der Waals surface area contributed by atoms with Crippen LogP contribution in [0.4, 0.5) is 5.69 Å². The maximum absolute atomic E-state index is 12.1. The third-order valence-corrected chi connectivity index (χ3v) is 4.71. The molecular weight excluding hydrogens is 386 g/mol. The summed E-state index contributed by atoms with van der Waals surface area (Å²) in [4.78, 5) is 28.4. The van der Waals surface area contributed by atoms with Gasteiger partial charge in [-0.15, -0.1) is 0 Å². The van der Waals surface area contributed by atoms with E-state index in [0.717, 1.165) is 29.7 Å². The summed E-state index contributed by atoms with van der Waals surface area (Å²) in [6, 6.07) is 11.0. The van der Waals surface area contributed by atoms with Crippen molar-refractivity contribution in [2.45, 2.75) is 12.8 Å². The number of esters is 1. The fraction of sp³-hybridized carbons (Fsp3) is 0.318. The zero-order valence-electron chi connectivity index (χ0n) is 16.7. The number of anilines is 1. The number of aromatic nitrogens is 2. The maximum atomic E-state index is 12.1. The van der Waals surface area contributed by atoms with Crippen molar-refractivity contribution >= 4 is 23.2 Å². The van der Waals surface area contributed by atoms with Gasteiger partial charge in [0.25, 0.3) is 0 Å². The number of carbonyl (C=O) groups is 2. The summed E-state index contributed by atoms with van der Waals surface area (Å²) in [5.41, 5.74) is 3.07. The molecule has 8 heteroatoms. The predicted molar refractivity (Wildman–Crippen MR) is 110 cm³/mol. The van der Waals surface area contributed by atoms with Gasteiger partial charge in [-0.2, -0.15) is 0 Å². The lowest BCUT2D eigenvalue weighted by molar-refractivity contribution is -0.135. The molecule has 2 heterocycles. The summed E-state index contributed by atoms with van der Waals surface area (Å²) in [6.07, 6.45) is 5.30. The number of nitrogens with one attached hydrogen (secondary N) is 1. The van der Waals surface area contributed by atoms with Crippen LogP contribution in [0.3, 0.4) is 0 Å². The predicted octanol–water partition coefficient (Wildman–Crippen LogP) is 2.92. The molecule has 156 valence electrons. The highest BCUT2D eigenvalue weighted by molar-refractivity contribution is 5.92. The molecule has 3 aromatic rings. The van der Waals surface area contributed by atoms with Crippen LogP contribution >= 0.6 is 0 Å². The zero-order valence-corrected chi connectivity index (χ0v) is 16.7. The Morgan fingerprint density at radius 3 is 2.87 bits per heavy atom. The van der Waals surface area contributed by atoms with Gasteiger partial charge in [-0.25, -0.2) is 4.98 Å². The standard InChI is InChI=1S/C22H23N3O5/c1-28-9-10-29-14-21(26)24-17-4-2-3-16(11-17)19-12-23-20-8-7-18(13-25(19)20)30-22(27)15-5-6-15/h2-4,7-8,11-13,15H,5-6,9-10,14H2,1H3,(H,24,26). The van der Waals surface area contributed by atoms with Crippen molar-refractivity contribution in [1.29, 1.82) is 0 Å². The van der Waals surface area contributed by atoms with Gasteiger partial charge in [0.2, 0.25) is 5.91 Å². The summed E-state index contributed by atoms with van der Waals surface area (Å²) in [5.74, 6) is 0.0853. The third kappa shape index (κ3) is 4.84. The lowest BCUT2D eigenvalue weighted by Gasteiger charge is -2.09. The van der Waals surface area contributed by atoms with E-state index >= 15 is 0 Å². The minimum Gasteiger partial charge on any atom is -0.425 e. The van der Waals surface area contributed by atoms with Crippen LogP contribution in [0.2, 0.25) is 0 Å². The average molecular weight is 409 g/mol. The van der Waals surface area contributed by atoms with E-state index in [1.165, 1.54) is 0 Å². The first-order chi connectivity index (χ1) is 14.6. The largest absolute Gasteiger partial charge is 0.425 e. The Kier molecular flexibility index (Phi) is 6.06. The van der Waals surface area contributed by atoms with Gasteiger partial charge in [0.1, 0.15) is 18.0 Å².